The van der Waals surface area contributed by atoms with Crippen molar-refractivity contribution in [2.75, 3.05) is 19.8 Å². The van der Waals surface area contributed by atoms with E-state index in [2.05, 4.69) is 5.32 Å². The first-order chi connectivity index (χ1) is 22.2. The highest BCUT2D eigenvalue weighted by Crippen LogP contribution is 2.31. The van der Waals surface area contributed by atoms with E-state index in [4.69, 9.17) is 43.6 Å². The molecule has 1 amide bonds. The number of Topliss-reactive ketones (excluding diaryl/α,β-unsaturated/α-hetero) is 1. The number of nitrogens with two attached hydrogens (primary N) is 1. The average molecular weight is 669 g/mol. The molecule has 0 radical (unpaired) electrons. The lowest BCUT2D eigenvalue weighted by Crippen LogP contribution is -2.63. The molecule has 0 unspecified atom stereocenters. The zero-order chi connectivity index (χ0) is 35.1. The molecule has 6 atom stereocenters. The maximum Gasteiger partial charge on any atom is 0.408 e. The number of carbonyl (C=O) groups is 7. The van der Waals surface area contributed by atoms with Crippen LogP contribution in [0.15, 0.2) is 24.3 Å². The van der Waals surface area contributed by atoms with E-state index in [1.165, 1.54) is 24.3 Å². The average Bonchev–Trinajstić information content (AvgIpc) is 3.00. The van der Waals surface area contributed by atoms with Gasteiger partial charge in [-0.15, -0.1) is 0 Å². The summed E-state index contributed by atoms with van der Waals surface area (Å²) >= 11 is 0. The van der Waals surface area contributed by atoms with Gasteiger partial charge in [0.1, 0.15) is 36.9 Å². The fourth-order valence-electron chi connectivity index (χ4n) is 4.31. The zero-order valence-electron chi connectivity index (χ0n) is 26.7. The Kier molecular flexibility index (Phi) is 15.5. The Morgan fingerprint density at radius 1 is 0.809 bits per heavy atom. The Bertz CT molecular complexity index is 1270. The van der Waals surface area contributed by atoms with Crippen molar-refractivity contribution in [3.8, 4) is 5.75 Å². The van der Waals surface area contributed by atoms with Crippen LogP contribution in [0.4, 0.5) is 4.79 Å². The van der Waals surface area contributed by atoms with Gasteiger partial charge in [0, 0.05) is 34.1 Å². The summed E-state index contributed by atoms with van der Waals surface area (Å²) in [5.74, 6) is -3.85. The van der Waals surface area contributed by atoms with Crippen LogP contribution in [0, 0.1) is 0 Å². The van der Waals surface area contributed by atoms with Gasteiger partial charge in [0.25, 0.3) is 0 Å². The molecule has 3 N–H and O–H groups in total. The van der Waals surface area contributed by atoms with Crippen molar-refractivity contribution in [3.63, 3.8) is 0 Å². The largest absolute Gasteiger partial charge is 0.464 e. The number of benzene rings is 1. The molecule has 1 aliphatic rings. The maximum atomic E-state index is 12.4. The molecule has 17 nitrogen and oxygen atoms in total. The van der Waals surface area contributed by atoms with Gasteiger partial charge in [0.15, 0.2) is 12.2 Å². The molecule has 47 heavy (non-hydrogen) atoms. The van der Waals surface area contributed by atoms with E-state index in [9.17, 15) is 33.6 Å². The number of hydrogen-bond acceptors (Lipinski definition) is 16. The van der Waals surface area contributed by atoms with Crippen molar-refractivity contribution in [2.45, 2.75) is 90.8 Å². The Hall–Kier alpha value is -4.77. The van der Waals surface area contributed by atoms with Crippen molar-refractivity contribution in [1.82, 2.24) is 5.32 Å². The predicted octanol–water partition coefficient (Wildman–Crippen LogP) is 0.614. The highest BCUT2D eigenvalue weighted by molar-refractivity contribution is 5.84. The van der Waals surface area contributed by atoms with Gasteiger partial charge in [-0.2, -0.15) is 0 Å². The number of hydrogen-bond donors (Lipinski definition) is 2. The van der Waals surface area contributed by atoms with Crippen molar-refractivity contribution in [1.29, 1.82) is 0 Å². The van der Waals surface area contributed by atoms with Gasteiger partial charge in [-0.25, -0.2) is 9.59 Å². The van der Waals surface area contributed by atoms with Crippen LogP contribution in [-0.4, -0.2) is 98.2 Å². The summed E-state index contributed by atoms with van der Waals surface area (Å²) in [6, 6.07) is 4.91. The van der Waals surface area contributed by atoms with E-state index >= 15 is 0 Å². The van der Waals surface area contributed by atoms with Crippen LogP contribution in [0.3, 0.4) is 0 Å². The number of rotatable bonds is 16. The maximum absolute atomic E-state index is 12.4. The Morgan fingerprint density at radius 3 is 1.96 bits per heavy atom. The fraction of sp³-hybridized carbons (Fsp3) is 0.567. The lowest BCUT2D eigenvalue weighted by Gasteiger charge is -2.43. The van der Waals surface area contributed by atoms with Crippen LogP contribution < -0.4 is 15.8 Å². The topological polar surface area (TPSA) is 231 Å². The molecule has 0 bridgehead atoms. The third-order valence-corrected chi connectivity index (χ3v) is 6.30. The molecule has 0 spiro atoms. The minimum absolute atomic E-state index is 0.0186. The van der Waals surface area contributed by atoms with Gasteiger partial charge >= 0.3 is 35.9 Å². The SMILES string of the molecule is CCOC(=O)[C@H](CCC(=O)CN)NC(=O)OCc1ccc(O[C@H]2O[C@H](COC(C)=O)[C@H](OC(C)=O)[C@H](OC(C)=O)[C@H]2OC(C)=O)cc1. The van der Waals surface area contributed by atoms with E-state index in [1.54, 1.807) is 6.92 Å². The van der Waals surface area contributed by atoms with Crippen molar-refractivity contribution in [2.24, 2.45) is 5.73 Å². The molecule has 0 aliphatic carbocycles. The van der Waals surface area contributed by atoms with E-state index in [-0.39, 0.29) is 44.1 Å². The summed E-state index contributed by atoms with van der Waals surface area (Å²) in [6.45, 7) is 5.30. The molecule has 1 aliphatic heterocycles. The monoisotopic (exact) mass is 668 g/mol. The third-order valence-electron chi connectivity index (χ3n) is 6.30. The van der Waals surface area contributed by atoms with Crippen molar-refractivity contribution < 1.29 is 71.5 Å². The van der Waals surface area contributed by atoms with Gasteiger partial charge in [0.2, 0.25) is 12.4 Å². The molecule has 1 fully saturated rings. The van der Waals surface area contributed by atoms with Gasteiger partial charge in [-0.1, -0.05) is 12.1 Å². The summed E-state index contributed by atoms with van der Waals surface area (Å²) in [7, 11) is 0. The highest BCUT2D eigenvalue weighted by Gasteiger charge is 2.53. The molecule has 260 valence electrons. The summed E-state index contributed by atoms with van der Waals surface area (Å²) in [5.41, 5.74) is 5.80. The van der Waals surface area contributed by atoms with E-state index in [0.717, 1.165) is 27.7 Å². The van der Waals surface area contributed by atoms with Gasteiger partial charge < -0.3 is 48.9 Å². The van der Waals surface area contributed by atoms with Gasteiger partial charge in [0.05, 0.1) is 13.2 Å². The number of ketones is 1. The lowest BCUT2D eigenvalue weighted by molar-refractivity contribution is -0.288. The van der Waals surface area contributed by atoms with E-state index < -0.39 is 79.3 Å². The second-order valence-corrected chi connectivity index (χ2v) is 10.1. The minimum atomic E-state index is -1.44. The standard InChI is InChI=1S/C30H40N2O15/c1-6-40-28(38)23(12-9-21(37)13-31)32-30(39)42-14-20-7-10-22(11-8-20)46-29-27(45-19(5)36)26(44-18(4)35)25(43-17(3)34)24(47-29)15-41-16(2)33/h7-8,10-11,23-27,29H,6,9,12-15,31H2,1-5H3,(H,32,39)/t23-,24+,25-,26-,27+,29-/m0/s1. The summed E-state index contributed by atoms with van der Waals surface area (Å²) in [4.78, 5) is 83.6. The molecule has 17 heteroatoms. The zero-order valence-corrected chi connectivity index (χ0v) is 26.7. The fourth-order valence-corrected chi connectivity index (χ4v) is 4.31. The van der Waals surface area contributed by atoms with Gasteiger partial charge in [-0.3, -0.25) is 24.0 Å². The van der Waals surface area contributed by atoms with Crippen LogP contribution in [0.5, 0.6) is 5.75 Å². The molecule has 2 rings (SSSR count). The molecule has 1 aromatic carbocycles. The number of carbonyl (C=O) groups excluding carboxylic acids is 7. The molecule has 0 aromatic heterocycles. The molecular formula is C30H40N2O15. The Balaban J connectivity index is 2.18. The van der Waals surface area contributed by atoms with Crippen LogP contribution >= 0.6 is 0 Å². The second-order valence-electron chi connectivity index (χ2n) is 10.1. The summed E-state index contributed by atoms with van der Waals surface area (Å²) < 4.78 is 43.1. The number of ether oxygens (including phenoxy) is 8. The first-order valence-electron chi connectivity index (χ1n) is 14.6. The van der Waals surface area contributed by atoms with E-state index in [1.807, 2.05) is 0 Å². The van der Waals surface area contributed by atoms with Crippen LogP contribution in [-0.2, 0) is 68.5 Å². The lowest BCUT2D eigenvalue weighted by atomic mass is 9.98. The number of alkyl carbamates (subject to hydrolysis) is 1. The minimum Gasteiger partial charge on any atom is -0.464 e. The predicted molar refractivity (Wildman–Crippen MR) is 156 cm³/mol. The number of esters is 5. The molecular weight excluding hydrogens is 628 g/mol. The smallest absolute Gasteiger partial charge is 0.408 e. The molecule has 1 heterocycles. The summed E-state index contributed by atoms with van der Waals surface area (Å²) in [6.07, 6.45) is -7.78. The summed E-state index contributed by atoms with van der Waals surface area (Å²) in [5, 5.41) is 2.38. The first-order valence-corrected chi connectivity index (χ1v) is 14.6. The van der Waals surface area contributed by atoms with Crippen LogP contribution in [0.2, 0.25) is 0 Å². The molecule has 0 saturated carbocycles. The van der Waals surface area contributed by atoms with Crippen molar-refractivity contribution >= 4 is 41.7 Å². The Morgan fingerprint density at radius 2 is 1.40 bits per heavy atom. The van der Waals surface area contributed by atoms with Crippen LogP contribution in [0.25, 0.3) is 0 Å². The third kappa shape index (κ3) is 13.2. The Labute approximate surface area is 270 Å². The first kappa shape index (κ1) is 38.4. The number of amides is 1. The van der Waals surface area contributed by atoms with Crippen molar-refractivity contribution in [3.05, 3.63) is 29.8 Å². The quantitative estimate of drug-likeness (QED) is 0.181. The number of nitrogens with one attached hydrogen (secondary N) is 1. The molecule has 1 saturated heterocycles. The highest BCUT2D eigenvalue weighted by atomic mass is 16.7. The van der Waals surface area contributed by atoms with E-state index in [0.29, 0.717) is 5.56 Å². The van der Waals surface area contributed by atoms with Gasteiger partial charge in [-0.05, 0) is 31.0 Å². The molecule has 1 aromatic rings. The van der Waals surface area contributed by atoms with Crippen LogP contribution in [0.1, 0.15) is 53.0 Å². The normalized spacial score (nSPS) is 20.9. The second kappa shape index (κ2) is 19.0.